The molecule has 1 aromatic heterocycles. The Morgan fingerprint density at radius 1 is 1.35 bits per heavy atom. The molecule has 5 heteroatoms. The molecule has 0 spiro atoms. The molecule has 0 unspecified atom stereocenters. The molecule has 0 aromatic carbocycles. The number of nitrogens with zero attached hydrogens (tertiary/aromatic N) is 1. The average molecular weight is 234 g/mol. The molecule has 0 radical (unpaired) electrons. The van der Waals surface area contributed by atoms with Crippen molar-refractivity contribution in [2.75, 3.05) is 13.1 Å². The van der Waals surface area contributed by atoms with Gasteiger partial charge >= 0.3 is 0 Å². The van der Waals surface area contributed by atoms with E-state index in [4.69, 9.17) is 0 Å². The summed E-state index contributed by atoms with van der Waals surface area (Å²) in [6.45, 7) is 7.79. The molecule has 0 fully saturated rings. The summed E-state index contributed by atoms with van der Waals surface area (Å²) in [6, 6.07) is 2.35. The van der Waals surface area contributed by atoms with Crippen LogP contribution in [0.2, 0.25) is 0 Å². The van der Waals surface area contributed by atoms with Crippen LogP contribution in [-0.2, 0) is 0 Å². The number of aromatic nitrogens is 1. The van der Waals surface area contributed by atoms with Gasteiger partial charge in [-0.1, -0.05) is 12.2 Å². The number of hydrogen-bond acceptors (Lipinski definition) is 3. The maximum Gasteiger partial charge on any atom is 0.254 e. The zero-order valence-electron chi connectivity index (χ0n) is 9.35. The van der Waals surface area contributed by atoms with Gasteiger partial charge in [0.25, 0.3) is 11.5 Å². The first-order valence-electron chi connectivity index (χ1n) is 5.03. The van der Waals surface area contributed by atoms with Crippen LogP contribution in [0, 0.1) is 0 Å². The zero-order valence-corrected chi connectivity index (χ0v) is 9.35. The SMILES string of the molecule is C=CCN(CC=C)C(=O)c1cc(O)[nH]c(=O)c1. The van der Waals surface area contributed by atoms with Crippen LogP contribution in [0.25, 0.3) is 0 Å². The molecule has 17 heavy (non-hydrogen) atoms. The quantitative estimate of drug-likeness (QED) is 0.743. The molecule has 1 amide bonds. The Hall–Kier alpha value is -2.30. The van der Waals surface area contributed by atoms with Crippen molar-refractivity contribution in [2.45, 2.75) is 0 Å². The Morgan fingerprint density at radius 2 is 1.94 bits per heavy atom. The summed E-state index contributed by atoms with van der Waals surface area (Å²) in [6.07, 6.45) is 3.16. The number of carbonyl (C=O) groups is 1. The lowest BCUT2D eigenvalue weighted by Crippen LogP contribution is -2.32. The van der Waals surface area contributed by atoms with Gasteiger partial charge in [-0.25, -0.2) is 0 Å². The fourth-order valence-corrected chi connectivity index (χ4v) is 1.39. The zero-order chi connectivity index (χ0) is 12.8. The Morgan fingerprint density at radius 3 is 2.41 bits per heavy atom. The number of amides is 1. The Kier molecular flexibility index (Phi) is 4.28. The van der Waals surface area contributed by atoms with Gasteiger partial charge in [-0.2, -0.15) is 0 Å². The van der Waals surface area contributed by atoms with Crippen LogP contribution < -0.4 is 5.56 Å². The van der Waals surface area contributed by atoms with Crippen LogP contribution in [-0.4, -0.2) is 34.0 Å². The van der Waals surface area contributed by atoms with E-state index in [-0.39, 0.29) is 17.4 Å². The summed E-state index contributed by atoms with van der Waals surface area (Å²) in [5.74, 6) is -0.691. The Bertz CT molecular complexity index is 481. The molecule has 2 N–H and O–H groups in total. The van der Waals surface area contributed by atoms with E-state index in [2.05, 4.69) is 18.1 Å². The predicted molar refractivity (Wildman–Crippen MR) is 65.0 cm³/mol. The van der Waals surface area contributed by atoms with E-state index in [0.29, 0.717) is 13.1 Å². The molecule has 1 aromatic rings. The van der Waals surface area contributed by atoms with E-state index in [0.717, 1.165) is 6.07 Å². The monoisotopic (exact) mass is 234 g/mol. The summed E-state index contributed by atoms with van der Waals surface area (Å²) in [4.78, 5) is 26.7. The van der Waals surface area contributed by atoms with Crippen molar-refractivity contribution in [1.82, 2.24) is 9.88 Å². The summed E-state index contributed by atoms with van der Waals surface area (Å²) in [5.41, 5.74) is -0.388. The summed E-state index contributed by atoms with van der Waals surface area (Å²) >= 11 is 0. The van der Waals surface area contributed by atoms with Crippen molar-refractivity contribution in [2.24, 2.45) is 0 Å². The molecule has 90 valence electrons. The number of H-pyrrole nitrogens is 1. The number of pyridine rings is 1. The highest BCUT2D eigenvalue weighted by molar-refractivity contribution is 5.94. The molecule has 0 bridgehead atoms. The fourth-order valence-electron chi connectivity index (χ4n) is 1.39. The number of hydrogen-bond donors (Lipinski definition) is 2. The minimum atomic E-state index is -0.523. The largest absolute Gasteiger partial charge is 0.494 e. The number of nitrogens with one attached hydrogen (secondary N) is 1. The van der Waals surface area contributed by atoms with Crippen molar-refractivity contribution in [3.8, 4) is 5.88 Å². The maximum atomic E-state index is 12.0. The molecule has 5 nitrogen and oxygen atoms in total. The number of carbonyl (C=O) groups excluding carboxylic acids is 1. The minimum Gasteiger partial charge on any atom is -0.494 e. The van der Waals surface area contributed by atoms with Gasteiger partial charge in [0.15, 0.2) is 5.88 Å². The number of rotatable bonds is 5. The van der Waals surface area contributed by atoms with Crippen molar-refractivity contribution in [3.63, 3.8) is 0 Å². The first-order valence-corrected chi connectivity index (χ1v) is 5.03. The number of aromatic hydroxyl groups is 1. The topological polar surface area (TPSA) is 73.4 Å². The third-order valence-corrected chi connectivity index (χ3v) is 2.06. The second kappa shape index (κ2) is 5.69. The van der Waals surface area contributed by atoms with E-state index in [1.807, 2.05) is 0 Å². The molecule has 0 saturated carbocycles. The van der Waals surface area contributed by atoms with E-state index in [1.54, 1.807) is 12.2 Å². The molecule has 0 aliphatic carbocycles. The molecule has 1 heterocycles. The lowest BCUT2D eigenvalue weighted by molar-refractivity contribution is 0.0790. The van der Waals surface area contributed by atoms with Crippen molar-refractivity contribution < 1.29 is 9.90 Å². The summed E-state index contributed by atoms with van der Waals surface area (Å²) in [7, 11) is 0. The molecule has 0 aliphatic heterocycles. The molecule has 0 aliphatic rings. The highest BCUT2D eigenvalue weighted by atomic mass is 16.3. The third-order valence-electron chi connectivity index (χ3n) is 2.06. The molecular weight excluding hydrogens is 220 g/mol. The highest BCUT2D eigenvalue weighted by Gasteiger charge is 2.14. The van der Waals surface area contributed by atoms with Gasteiger partial charge in [-0.15, -0.1) is 13.2 Å². The standard InChI is InChI=1S/C12H14N2O3/c1-3-5-14(6-4-2)12(17)9-7-10(15)13-11(16)8-9/h3-4,7-8H,1-2,5-6H2,(H2,13,15,16). The second-order valence-electron chi connectivity index (χ2n) is 3.41. The first kappa shape index (κ1) is 12.8. The molecule has 1 rings (SSSR count). The van der Waals surface area contributed by atoms with Gasteiger partial charge in [0.2, 0.25) is 0 Å². The van der Waals surface area contributed by atoms with Crippen LogP contribution in [0.3, 0.4) is 0 Å². The van der Waals surface area contributed by atoms with Gasteiger partial charge in [-0.3, -0.25) is 14.6 Å². The van der Waals surface area contributed by atoms with Crippen LogP contribution in [0.5, 0.6) is 5.88 Å². The van der Waals surface area contributed by atoms with Crippen LogP contribution in [0.15, 0.2) is 42.2 Å². The van der Waals surface area contributed by atoms with Gasteiger partial charge < -0.3 is 10.0 Å². The highest BCUT2D eigenvalue weighted by Crippen LogP contribution is 2.08. The van der Waals surface area contributed by atoms with Crippen molar-refractivity contribution >= 4 is 5.91 Å². The first-order chi connectivity index (χ1) is 8.08. The number of aromatic amines is 1. The van der Waals surface area contributed by atoms with Crippen molar-refractivity contribution in [3.05, 3.63) is 53.4 Å². The maximum absolute atomic E-state index is 12.0. The lowest BCUT2D eigenvalue weighted by atomic mass is 10.2. The van der Waals surface area contributed by atoms with Gasteiger partial charge in [0, 0.05) is 25.2 Å². The third kappa shape index (κ3) is 3.34. The van der Waals surface area contributed by atoms with Gasteiger partial charge in [0.1, 0.15) is 0 Å². The molecule has 0 saturated heterocycles. The Labute approximate surface area is 98.7 Å². The summed E-state index contributed by atoms with van der Waals surface area (Å²) in [5, 5.41) is 9.22. The predicted octanol–water partition coefficient (Wildman–Crippen LogP) is 0.895. The van der Waals surface area contributed by atoms with Gasteiger partial charge in [-0.05, 0) is 0 Å². The van der Waals surface area contributed by atoms with Crippen LogP contribution in [0.4, 0.5) is 0 Å². The fraction of sp³-hybridized carbons (Fsp3) is 0.167. The molecular formula is C12H14N2O3. The van der Waals surface area contributed by atoms with Gasteiger partial charge in [0.05, 0.1) is 5.56 Å². The van der Waals surface area contributed by atoms with E-state index in [1.165, 1.54) is 11.0 Å². The normalized spacial score (nSPS) is 9.65. The Balaban J connectivity index is 3.03. The lowest BCUT2D eigenvalue weighted by Gasteiger charge is -2.19. The molecule has 0 atom stereocenters. The van der Waals surface area contributed by atoms with Crippen LogP contribution in [0.1, 0.15) is 10.4 Å². The average Bonchev–Trinajstić information content (AvgIpc) is 2.26. The smallest absolute Gasteiger partial charge is 0.254 e. The van der Waals surface area contributed by atoms with Crippen molar-refractivity contribution in [1.29, 1.82) is 0 Å². The van der Waals surface area contributed by atoms with E-state index in [9.17, 15) is 14.7 Å². The van der Waals surface area contributed by atoms with Crippen LogP contribution >= 0.6 is 0 Å². The minimum absolute atomic E-state index is 0.134. The second-order valence-corrected chi connectivity index (χ2v) is 3.41. The van der Waals surface area contributed by atoms with E-state index >= 15 is 0 Å². The van der Waals surface area contributed by atoms with E-state index < -0.39 is 5.56 Å². The summed E-state index contributed by atoms with van der Waals surface area (Å²) < 4.78 is 0.